The minimum absolute atomic E-state index is 0.0591. The Labute approximate surface area is 197 Å². The standard InChI is InChI=1S/C27H22N6O/c1-31-13-15-32(16-14-31)27(34)23-9-7-22(8-10-23)25-18-24(26-29-11-12-33(26)30-25)6-5-20-3-2-4-21(17-20)19-28/h2-4,7-12,17-18H,13-16H2,1H3. The van der Waals surface area contributed by atoms with Gasteiger partial charge in [0.25, 0.3) is 5.91 Å². The number of likely N-dealkylation sites (N-methyl/N-ethyl adjacent to an activating group) is 1. The van der Waals surface area contributed by atoms with Crippen molar-refractivity contribution < 1.29 is 4.79 Å². The van der Waals surface area contributed by atoms with Crippen LogP contribution in [-0.4, -0.2) is 63.5 Å². The Morgan fingerprint density at radius 2 is 1.74 bits per heavy atom. The van der Waals surface area contributed by atoms with E-state index in [0.717, 1.165) is 48.6 Å². The van der Waals surface area contributed by atoms with E-state index in [-0.39, 0.29) is 5.91 Å². The topological polar surface area (TPSA) is 77.5 Å². The summed E-state index contributed by atoms with van der Waals surface area (Å²) in [6.45, 7) is 3.27. The molecule has 3 heterocycles. The number of imidazole rings is 1. The molecule has 0 N–H and O–H groups in total. The number of fused-ring (bicyclic) bond motifs is 1. The van der Waals surface area contributed by atoms with Gasteiger partial charge in [0.15, 0.2) is 5.65 Å². The van der Waals surface area contributed by atoms with Crippen molar-refractivity contribution in [1.82, 2.24) is 24.4 Å². The molecule has 0 spiro atoms. The van der Waals surface area contributed by atoms with Crippen LogP contribution in [0.3, 0.4) is 0 Å². The van der Waals surface area contributed by atoms with Gasteiger partial charge in [-0.25, -0.2) is 9.50 Å². The Balaban J connectivity index is 1.44. The van der Waals surface area contributed by atoms with Gasteiger partial charge in [-0.1, -0.05) is 30.0 Å². The second-order valence-corrected chi connectivity index (χ2v) is 8.25. The molecule has 7 heteroatoms. The highest BCUT2D eigenvalue weighted by Crippen LogP contribution is 2.21. The number of benzene rings is 2. The lowest BCUT2D eigenvalue weighted by molar-refractivity contribution is 0.0664. The summed E-state index contributed by atoms with van der Waals surface area (Å²) >= 11 is 0. The fraction of sp³-hybridized carbons (Fsp3) is 0.185. The Morgan fingerprint density at radius 3 is 2.50 bits per heavy atom. The van der Waals surface area contributed by atoms with Crippen molar-refractivity contribution in [2.24, 2.45) is 0 Å². The van der Waals surface area contributed by atoms with Gasteiger partial charge in [-0.2, -0.15) is 10.4 Å². The van der Waals surface area contributed by atoms with E-state index >= 15 is 0 Å². The molecule has 1 aliphatic rings. The predicted octanol–water partition coefficient (Wildman–Crippen LogP) is 3.06. The van der Waals surface area contributed by atoms with E-state index < -0.39 is 0 Å². The molecule has 0 aliphatic carbocycles. The van der Waals surface area contributed by atoms with Crippen LogP contribution in [0.25, 0.3) is 16.9 Å². The second kappa shape index (κ2) is 9.19. The Morgan fingerprint density at radius 1 is 0.971 bits per heavy atom. The molecule has 2 aromatic heterocycles. The lowest BCUT2D eigenvalue weighted by atomic mass is 10.1. The van der Waals surface area contributed by atoms with Crippen molar-refractivity contribution in [3.05, 3.63) is 89.2 Å². The summed E-state index contributed by atoms with van der Waals surface area (Å²) in [5, 5.41) is 13.8. The van der Waals surface area contributed by atoms with Crippen LogP contribution in [0.2, 0.25) is 0 Å². The van der Waals surface area contributed by atoms with E-state index in [1.54, 1.807) is 29.0 Å². The number of carbonyl (C=O) groups is 1. The molecule has 5 rings (SSSR count). The van der Waals surface area contributed by atoms with Crippen molar-refractivity contribution in [1.29, 1.82) is 5.26 Å². The lowest BCUT2D eigenvalue weighted by Gasteiger charge is -2.32. The summed E-state index contributed by atoms with van der Waals surface area (Å²) in [5.74, 6) is 6.36. The number of amides is 1. The van der Waals surface area contributed by atoms with Gasteiger partial charge in [0.2, 0.25) is 0 Å². The zero-order valence-electron chi connectivity index (χ0n) is 18.8. The SMILES string of the molecule is CN1CCN(C(=O)c2ccc(-c3cc(C#Cc4cccc(C#N)c4)c4nccn4n3)cc2)CC1. The number of carbonyl (C=O) groups excluding carboxylic acids is 1. The number of rotatable bonds is 2. The lowest BCUT2D eigenvalue weighted by Crippen LogP contribution is -2.47. The first-order valence-corrected chi connectivity index (χ1v) is 11.1. The second-order valence-electron chi connectivity index (χ2n) is 8.25. The highest BCUT2D eigenvalue weighted by molar-refractivity contribution is 5.94. The first-order valence-electron chi connectivity index (χ1n) is 11.1. The van der Waals surface area contributed by atoms with Crippen molar-refractivity contribution in [2.45, 2.75) is 0 Å². The van der Waals surface area contributed by atoms with Gasteiger partial charge in [-0.15, -0.1) is 0 Å². The molecule has 1 aliphatic heterocycles. The molecule has 4 aromatic rings. The van der Waals surface area contributed by atoms with Crippen molar-refractivity contribution >= 4 is 11.6 Å². The molecular weight excluding hydrogens is 424 g/mol. The highest BCUT2D eigenvalue weighted by Gasteiger charge is 2.20. The van der Waals surface area contributed by atoms with Crippen LogP contribution in [0, 0.1) is 23.2 Å². The molecule has 1 saturated heterocycles. The van der Waals surface area contributed by atoms with E-state index in [4.69, 9.17) is 5.26 Å². The van der Waals surface area contributed by atoms with Crippen molar-refractivity contribution in [3.8, 4) is 29.2 Å². The first kappa shape index (κ1) is 21.4. The molecule has 1 fully saturated rings. The highest BCUT2D eigenvalue weighted by atomic mass is 16.2. The zero-order valence-corrected chi connectivity index (χ0v) is 18.8. The smallest absolute Gasteiger partial charge is 0.253 e. The van der Waals surface area contributed by atoms with Gasteiger partial charge in [-0.3, -0.25) is 4.79 Å². The maximum absolute atomic E-state index is 12.9. The third-order valence-electron chi connectivity index (χ3n) is 5.91. The zero-order chi connectivity index (χ0) is 23.5. The fourth-order valence-corrected chi connectivity index (χ4v) is 3.93. The summed E-state index contributed by atoms with van der Waals surface area (Å²) in [4.78, 5) is 21.4. The molecule has 34 heavy (non-hydrogen) atoms. The molecule has 2 aromatic carbocycles. The maximum Gasteiger partial charge on any atom is 0.253 e. The van der Waals surface area contributed by atoms with Gasteiger partial charge in [-0.05, 0) is 43.4 Å². The molecule has 0 radical (unpaired) electrons. The van der Waals surface area contributed by atoms with Crippen molar-refractivity contribution in [3.63, 3.8) is 0 Å². The van der Waals surface area contributed by atoms with E-state index in [9.17, 15) is 4.79 Å². The minimum Gasteiger partial charge on any atom is -0.336 e. The average Bonchev–Trinajstić information content (AvgIpc) is 3.36. The summed E-state index contributed by atoms with van der Waals surface area (Å²) in [6, 6.07) is 18.8. The van der Waals surface area contributed by atoms with Crippen LogP contribution in [-0.2, 0) is 0 Å². The van der Waals surface area contributed by atoms with Crippen LogP contribution in [0.5, 0.6) is 0 Å². The third-order valence-corrected chi connectivity index (χ3v) is 5.91. The van der Waals surface area contributed by atoms with Gasteiger partial charge in [0.05, 0.1) is 22.9 Å². The maximum atomic E-state index is 12.9. The van der Waals surface area contributed by atoms with Gasteiger partial charge < -0.3 is 9.80 Å². The Hall–Kier alpha value is -4.46. The van der Waals surface area contributed by atoms with E-state index in [2.05, 4.69) is 39.9 Å². The van der Waals surface area contributed by atoms with E-state index in [0.29, 0.717) is 16.8 Å². The molecule has 0 atom stereocenters. The van der Waals surface area contributed by atoms with Gasteiger partial charge in [0.1, 0.15) is 0 Å². The average molecular weight is 447 g/mol. The summed E-state index contributed by atoms with van der Waals surface area (Å²) in [6.07, 6.45) is 3.47. The molecular formula is C27H22N6O. The molecule has 1 amide bonds. The third kappa shape index (κ3) is 4.38. The van der Waals surface area contributed by atoms with Crippen LogP contribution in [0.1, 0.15) is 27.0 Å². The van der Waals surface area contributed by atoms with Crippen LogP contribution >= 0.6 is 0 Å². The summed E-state index contributed by atoms with van der Waals surface area (Å²) in [7, 11) is 2.07. The van der Waals surface area contributed by atoms with E-state index in [1.807, 2.05) is 47.4 Å². The number of nitrogens with zero attached hydrogens (tertiary/aromatic N) is 6. The van der Waals surface area contributed by atoms with Crippen LogP contribution in [0.15, 0.2) is 67.0 Å². The van der Waals surface area contributed by atoms with Gasteiger partial charge in [0, 0.05) is 55.3 Å². The molecule has 0 unspecified atom stereocenters. The summed E-state index contributed by atoms with van der Waals surface area (Å²) < 4.78 is 1.70. The van der Waals surface area contributed by atoms with Gasteiger partial charge >= 0.3 is 0 Å². The number of aromatic nitrogens is 3. The number of nitriles is 1. The molecule has 166 valence electrons. The Kier molecular flexibility index (Phi) is 5.78. The molecule has 7 nitrogen and oxygen atoms in total. The summed E-state index contributed by atoms with van der Waals surface area (Å²) in [5.41, 5.74) is 5.02. The number of hydrogen-bond donors (Lipinski definition) is 0. The number of piperazine rings is 1. The largest absolute Gasteiger partial charge is 0.336 e. The Bertz CT molecular complexity index is 1460. The van der Waals surface area contributed by atoms with E-state index in [1.165, 1.54) is 0 Å². The molecule has 0 saturated carbocycles. The quantitative estimate of drug-likeness (QED) is 0.443. The molecule has 0 bridgehead atoms. The number of hydrogen-bond acceptors (Lipinski definition) is 5. The normalized spacial score (nSPS) is 13.8. The fourth-order valence-electron chi connectivity index (χ4n) is 3.93. The minimum atomic E-state index is 0.0591. The van der Waals surface area contributed by atoms with Crippen LogP contribution in [0.4, 0.5) is 0 Å². The first-order chi connectivity index (χ1) is 16.6. The van der Waals surface area contributed by atoms with Crippen LogP contribution < -0.4 is 0 Å². The van der Waals surface area contributed by atoms with Crippen molar-refractivity contribution in [2.75, 3.05) is 33.2 Å². The monoisotopic (exact) mass is 446 g/mol. The predicted molar refractivity (Wildman–Crippen MR) is 129 cm³/mol.